The third-order valence-electron chi connectivity index (χ3n) is 17.2. The maximum Gasteiger partial charge on any atom is 0.0702 e. The zero-order valence-electron chi connectivity index (χ0n) is 49.8. The van der Waals surface area contributed by atoms with Crippen LogP contribution in [0.3, 0.4) is 0 Å². The van der Waals surface area contributed by atoms with Crippen LogP contribution in [0, 0.1) is 6.92 Å². The molecule has 0 amide bonds. The van der Waals surface area contributed by atoms with Crippen LogP contribution >= 0.6 is 0 Å². The molecule has 3 nitrogen and oxygen atoms in total. The molecule has 0 aliphatic carbocycles. The number of aromatic nitrogens is 3. The number of hydrogen-bond donors (Lipinski definition) is 0. The van der Waals surface area contributed by atoms with E-state index in [1.54, 1.807) is 0 Å². The average molecular weight is 1140 g/mol. The molecule has 0 saturated heterocycles. The van der Waals surface area contributed by atoms with Crippen molar-refractivity contribution < 1.29 is 0 Å². The molecule has 11 aromatic carbocycles. The molecule has 0 atom stereocenters. The van der Waals surface area contributed by atoms with E-state index in [-0.39, 0.29) is 0 Å². The fourth-order valence-corrected chi connectivity index (χ4v) is 12.5. The minimum atomic E-state index is 0.838. The smallest absolute Gasteiger partial charge is 0.0702 e. The summed E-state index contributed by atoms with van der Waals surface area (Å²) in [7, 11) is 0. The van der Waals surface area contributed by atoms with Crippen LogP contribution < -0.4 is 0 Å². The van der Waals surface area contributed by atoms with E-state index in [1.807, 2.05) is 30.7 Å². The molecule has 0 aliphatic rings. The lowest BCUT2D eigenvalue weighted by atomic mass is 9.85. The Morgan fingerprint density at radius 1 is 0.213 bits per heavy atom. The van der Waals surface area contributed by atoms with Gasteiger partial charge in [0.1, 0.15) is 0 Å². The van der Waals surface area contributed by atoms with Gasteiger partial charge in [-0.15, -0.1) is 0 Å². The van der Waals surface area contributed by atoms with Crippen LogP contribution in [0.4, 0.5) is 0 Å². The molecule has 14 rings (SSSR count). The molecule has 424 valence electrons. The standard InChI is InChI=1S/C86H65N3/c1-60-33-48-86(89-59-60)76-46-47-80(83(58-76)69-40-38-66(39-41-69)63-19-5-2-6-20-63)79-30-12-11-29-78(79)77-52-61(34-36-67-42-44-74(84-31-13-15-49-87-84)56-81(67)72-27-17-25-70(54-72)64-21-7-3-8-22-64)51-62(53-77)35-37-68-43-45-75(85-32-14-16-50-88-85)57-82(68)73-28-18-26-71(55-73)65-23-9-4-10-24-65/h2-33,38-59H,34-37H2,1H3. The molecule has 0 saturated carbocycles. The first-order valence-corrected chi connectivity index (χ1v) is 30.9. The molecular weight excluding hydrogens is 1070 g/mol. The van der Waals surface area contributed by atoms with Crippen molar-refractivity contribution in [3.8, 4) is 123 Å². The monoisotopic (exact) mass is 1140 g/mol. The molecular formula is C86H65N3. The SMILES string of the molecule is Cc1ccc(-c2ccc(-c3ccccc3-c3cc(CCc4ccc(-c5ccccn5)cc4-c4cccc(-c5ccccc5)c4)cc(CCc4ccc(-c5ccccn5)cc4-c4cccc(-c5ccccc5)c4)c3)c(-c3ccc(-c4ccccc4)cc3)c2)nc1. The summed E-state index contributed by atoms with van der Waals surface area (Å²) in [4.78, 5) is 14.5. The third kappa shape index (κ3) is 12.6. The van der Waals surface area contributed by atoms with Gasteiger partial charge >= 0.3 is 0 Å². The van der Waals surface area contributed by atoms with E-state index in [2.05, 4.69) is 304 Å². The molecule has 3 heterocycles. The van der Waals surface area contributed by atoms with E-state index in [0.29, 0.717) is 0 Å². The Kier molecular flexibility index (Phi) is 16.2. The van der Waals surface area contributed by atoms with Crippen LogP contribution in [0.1, 0.15) is 27.8 Å². The molecule has 0 bridgehead atoms. The van der Waals surface area contributed by atoms with Crippen molar-refractivity contribution >= 4 is 0 Å². The fourth-order valence-electron chi connectivity index (χ4n) is 12.5. The van der Waals surface area contributed by atoms with Gasteiger partial charge in [-0.05, 0) is 210 Å². The minimum absolute atomic E-state index is 0.838. The normalized spacial score (nSPS) is 11.2. The van der Waals surface area contributed by atoms with Crippen LogP contribution in [0.5, 0.6) is 0 Å². The Balaban J connectivity index is 0.884. The van der Waals surface area contributed by atoms with Crippen molar-refractivity contribution in [2.24, 2.45) is 0 Å². The van der Waals surface area contributed by atoms with Crippen molar-refractivity contribution in [2.75, 3.05) is 0 Å². The number of hydrogen-bond acceptors (Lipinski definition) is 3. The van der Waals surface area contributed by atoms with Crippen LogP contribution in [-0.4, -0.2) is 15.0 Å². The first-order chi connectivity index (χ1) is 44.0. The minimum Gasteiger partial charge on any atom is -0.256 e. The number of aryl methyl sites for hydroxylation is 5. The molecule has 3 heteroatoms. The number of benzene rings is 11. The number of pyridine rings is 3. The van der Waals surface area contributed by atoms with Gasteiger partial charge in [-0.2, -0.15) is 0 Å². The van der Waals surface area contributed by atoms with E-state index < -0.39 is 0 Å². The second-order valence-electron chi connectivity index (χ2n) is 23.1. The van der Waals surface area contributed by atoms with Crippen molar-refractivity contribution in [1.82, 2.24) is 15.0 Å². The molecule has 0 spiro atoms. The summed E-state index contributed by atoms with van der Waals surface area (Å²) in [5.41, 5.74) is 31.5. The van der Waals surface area contributed by atoms with E-state index in [4.69, 9.17) is 15.0 Å². The zero-order valence-corrected chi connectivity index (χ0v) is 49.8. The number of nitrogens with zero attached hydrogens (tertiary/aromatic N) is 3. The van der Waals surface area contributed by atoms with Crippen LogP contribution in [0.15, 0.2) is 328 Å². The molecule has 0 fully saturated rings. The van der Waals surface area contributed by atoms with Gasteiger partial charge in [0.05, 0.1) is 17.1 Å². The first kappa shape index (κ1) is 55.7. The van der Waals surface area contributed by atoms with Gasteiger partial charge in [-0.3, -0.25) is 15.0 Å². The highest BCUT2D eigenvalue weighted by Crippen LogP contribution is 2.42. The van der Waals surface area contributed by atoms with Gasteiger partial charge in [0.2, 0.25) is 0 Å². The van der Waals surface area contributed by atoms with Gasteiger partial charge < -0.3 is 0 Å². The van der Waals surface area contributed by atoms with E-state index in [1.165, 1.54) is 100 Å². The summed E-state index contributed by atoms with van der Waals surface area (Å²) in [5.74, 6) is 0. The molecule has 0 aliphatic heterocycles. The van der Waals surface area contributed by atoms with Crippen molar-refractivity contribution in [2.45, 2.75) is 32.6 Å². The van der Waals surface area contributed by atoms with Crippen molar-refractivity contribution in [3.63, 3.8) is 0 Å². The summed E-state index contributed by atoms with van der Waals surface area (Å²) >= 11 is 0. The maximum absolute atomic E-state index is 4.91. The van der Waals surface area contributed by atoms with E-state index >= 15 is 0 Å². The quantitative estimate of drug-likeness (QED) is 0.0912. The summed E-state index contributed by atoms with van der Waals surface area (Å²) < 4.78 is 0. The predicted molar refractivity (Wildman–Crippen MR) is 372 cm³/mol. The summed E-state index contributed by atoms with van der Waals surface area (Å²) in [5, 5.41) is 0. The average Bonchev–Trinajstić information content (AvgIpc) is 2.00. The summed E-state index contributed by atoms with van der Waals surface area (Å²) in [6.07, 6.45) is 9.07. The van der Waals surface area contributed by atoms with Gasteiger partial charge in [0, 0.05) is 35.3 Å². The first-order valence-electron chi connectivity index (χ1n) is 30.9. The van der Waals surface area contributed by atoms with Gasteiger partial charge in [0.25, 0.3) is 0 Å². The Morgan fingerprint density at radius 2 is 0.618 bits per heavy atom. The van der Waals surface area contributed by atoms with Crippen LogP contribution in [0.25, 0.3) is 123 Å². The lowest BCUT2D eigenvalue weighted by molar-refractivity contribution is 0.933. The second-order valence-corrected chi connectivity index (χ2v) is 23.1. The Labute approximate surface area is 523 Å². The van der Waals surface area contributed by atoms with Crippen molar-refractivity contribution in [1.29, 1.82) is 0 Å². The summed E-state index contributed by atoms with van der Waals surface area (Å²) in [6, 6.07) is 113. The molecule has 0 radical (unpaired) electrons. The second kappa shape index (κ2) is 25.8. The number of rotatable bonds is 17. The Bertz CT molecular complexity index is 4540. The van der Waals surface area contributed by atoms with Crippen molar-refractivity contribution in [3.05, 3.63) is 356 Å². The molecule has 89 heavy (non-hydrogen) atoms. The highest BCUT2D eigenvalue weighted by molar-refractivity contribution is 5.94. The maximum atomic E-state index is 4.91. The zero-order chi connectivity index (χ0) is 59.7. The third-order valence-corrected chi connectivity index (χ3v) is 17.2. The van der Waals surface area contributed by atoms with Gasteiger partial charge in [-0.1, -0.05) is 249 Å². The van der Waals surface area contributed by atoms with Gasteiger partial charge in [-0.25, -0.2) is 0 Å². The highest BCUT2D eigenvalue weighted by Gasteiger charge is 2.19. The molecule has 0 N–H and O–H groups in total. The Morgan fingerprint density at radius 3 is 1.12 bits per heavy atom. The van der Waals surface area contributed by atoms with Gasteiger partial charge in [0.15, 0.2) is 0 Å². The van der Waals surface area contributed by atoms with E-state index in [0.717, 1.165) is 76.1 Å². The van der Waals surface area contributed by atoms with Crippen LogP contribution in [0.2, 0.25) is 0 Å². The van der Waals surface area contributed by atoms with Crippen LogP contribution in [-0.2, 0) is 25.7 Å². The lowest BCUT2D eigenvalue weighted by Crippen LogP contribution is -2.00. The highest BCUT2D eigenvalue weighted by atomic mass is 14.7. The fraction of sp³-hybridized carbons (Fsp3) is 0.0581. The molecule has 3 aromatic heterocycles. The molecule has 0 unspecified atom stereocenters. The lowest BCUT2D eigenvalue weighted by Gasteiger charge is -2.19. The topological polar surface area (TPSA) is 38.7 Å². The predicted octanol–water partition coefficient (Wildman–Crippen LogP) is 22.1. The largest absolute Gasteiger partial charge is 0.256 e. The molecule has 14 aromatic rings. The summed E-state index contributed by atoms with van der Waals surface area (Å²) in [6.45, 7) is 2.09. The van der Waals surface area contributed by atoms with E-state index in [9.17, 15) is 0 Å². The Hall–Kier alpha value is -11.1.